The van der Waals surface area contributed by atoms with E-state index in [1.54, 1.807) is 13.8 Å². The zero-order valence-electron chi connectivity index (χ0n) is 7.20. The van der Waals surface area contributed by atoms with E-state index in [-0.39, 0.29) is 27.0 Å². The van der Waals surface area contributed by atoms with Gasteiger partial charge in [-0.15, -0.1) is 0 Å². The van der Waals surface area contributed by atoms with Gasteiger partial charge in [-0.25, -0.2) is 0 Å². The number of carbonyl (C=O) groups is 1. The van der Waals surface area contributed by atoms with Crippen LogP contribution in [0.25, 0.3) is 0 Å². The van der Waals surface area contributed by atoms with Crippen LogP contribution in [0, 0.1) is 16.3 Å². The molecule has 0 unspecified atom stereocenters. The van der Waals surface area contributed by atoms with Crippen molar-refractivity contribution < 1.29 is 14.5 Å². The first-order valence-electron chi connectivity index (χ1n) is 3.66. The van der Waals surface area contributed by atoms with Gasteiger partial charge in [0.2, 0.25) is 0 Å². The maximum absolute atomic E-state index is 11.2. The molecule has 0 bridgehead atoms. The van der Waals surface area contributed by atoms with Crippen LogP contribution >= 0.6 is 0 Å². The maximum Gasteiger partial charge on any atom is 0.327 e. The zero-order chi connectivity index (χ0) is 9.46. The lowest BCUT2D eigenvalue weighted by atomic mass is 10.0. The van der Waals surface area contributed by atoms with Crippen LogP contribution in [0.2, 0.25) is 0 Å². The molecule has 0 aromatic heterocycles. The molecule has 0 fully saturated rings. The molecule has 0 saturated carbocycles. The summed E-state index contributed by atoms with van der Waals surface area (Å²) >= 11 is 0. The molecule has 0 aromatic carbocycles. The highest BCUT2D eigenvalue weighted by atomic mass is 16.7. The predicted molar refractivity (Wildman–Crippen MR) is 42.8 cm³/mol. The van der Waals surface area contributed by atoms with E-state index in [0.717, 1.165) is 0 Å². The van der Waals surface area contributed by atoms with Crippen LogP contribution in [0.15, 0.2) is 0 Å². The van der Waals surface area contributed by atoms with Crippen LogP contribution in [0.1, 0.15) is 20.8 Å². The molecule has 12 heavy (non-hydrogen) atoms. The molecule has 0 aromatic rings. The average Bonchev–Trinajstić information content (AvgIpc) is 2.16. The summed E-state index contributed by atoms with van der Waals surface area (Å²) in [6.45, 7) is 4.74. The lowest BCUT2D eigenvalue weighted by Crippen LogP contribution is -2.25. The van der Waals surface area contributed by atoms with E-state index < -0.39 is 5.78 Å². The molecule has 1 aliphatic rings. The molecule has 0 saturated heterocycles. The van der Waals surface area contributed by atoms with Crippen molar-refractivity contribution in [1.29, 1.82) is 0 Å². The highest BCUT2D eigenvalue weighted by molar-refractivity contribution is 6.64. The Morgan fingerprint density at radius 3 is 1.92 bits per heavy atom. The van der Waals surface area contributed by atoms with E-state index in [9.17, 15) is 15.2 Å². The van der Waals surface area contributed by atoms with Gasteiger partial charge < -0.3 is 10.4 Å². The highest BCUT2D eigenvalue weighted by Crippen LogP contribution is 2.05. The summed E-state index contributed by atoms with van der Waals surface area (Å²) in [5, 5.41) is 21.9. The fraction of sp³-hybridized carbons (Fsp3) is 0.571. The van der Waals surface area contributed by atoms with Gasteiger partial charge >= 0.3 is 17.2 Å². The summed E-state index contributed by atoms with van der Waals surface area (Å²) in [4.78, 5) is 11.4. The van der Waals surface area contributed by atoms with Crippen molar-refractivity contribution in [2.75, 3.05) is 0 Å². The second-order valence-corrected chi connectivity index (χ2v) is 3.00. The van der Waals surface area contributed by atoms with Crippen LogP contribution in [-0.4, -0.2) is 26.9 Å². The quantitative estimate of drug-likeness (QED) is 0.412. The Morgan fingerprint density at radius 1 is 1.25 bits per heavy atom. The molecule has 5 heteroatoms. The molecule has 0 radical (unpaired) electrons. The number of Topliss-reactive ketones (excluding diaryl/α,β-unsaturated/α-hetero) is 1. The van der Waals surface area contributed by atoms with Gasteiger partial charge in [0.1, 0.15) is 0 Å². The Morgan fingerprint density at radius 2 is 1.75 bits per heavy atom. The van der Waals surface area contributed by atoms with Crippen molar-refractivity contribution in [2.24, 2.45) is 5.92 Å². The van der Waals surface area contributed by atoms with Crippen LogP contribution in [0.3, 0.4) is 0 Å². The lowest BCUT2D eigenvalue weighted by molar-refractivity contribution is -1.05. The second-order valence-electron chi connectivity index (χ2n) is 3.00. The third-order valence-electron chi connectivity index (χ3n) is 1.77. The molecule has 1 aliphatic heterocycles. The Kier molecular flexibility index (Phi) is 1.87. The van der Waals surface area contributed by atoms with Crippen molar-refractivity contribution in [2.45, 2.75) is 20.8 Å². The van der Waals surface area contributed by atoms with Crippen molar-refractivity contribution in [1.82, 2.24) is 0 Å². The van der Waals surface area contributed by atoms with Gasteiger partial charge in [0.15, 0.2) is 0 Å². The van der Waals surface area contributed by atoms with E-state index in [1.165, 1.54) is 6.92 Å². The molecule has 0 spiro atoms. The monoisotopic (exact) mass is 170 g/mol. The van der Waals surface area contributed by atoms with E-state index >= 15 is 0 Å². The molecule has 0 aliphatic carbocycles. The van der Waals surface area contributed by atoms with Gasteiger partial charge in [-0.2, -0.15) is 0 Å². The third kappa shape index (κ3) is 0.975. The zero-order valence-corrected chi connectivity index (χ0v) is 7.20. The van der Waals surface area contributed by atoms with Crippen LogP contribution in [0.4, 0.5) is 0 Å². The van der Waals surface area contributed by atoms with Crippen molar-refractivity contribution >= 4 is 17.2 Å². The Hall–Kier alpha value is -1.39. The molecule has 0 N–H and O–H groups in total. The number of nitrogens with zero attached hydrogens (tertiary/aromatic N) is 2. The standard InChI is InChI=1S/C7H10N2O3/c1-4(2)6-7(10)5(3)8(11)9(6)12/h4H,1-3H3. The fourth-order valence-corrected chi connectivity index (χ4v) is 1.08. The molecule has 0 atom stereocenters. The Bertz CT molecular complexity index is 302. The lowest BCUT2D eigenvalue weighted by Gasteiger charge is -1.98. The van der Waals surface area contributed by atoms with E-state index in [4.69, 9.17) is 0 Å². The number of hydrogen-bond acceptors (Lipinski definition) is 3. The number of hydrogen-bond donors (Lipinski definition) is 0. The number of hydrazine groups is 1. The van der Waals surface area contributed by atoms with Gasteiger partial charge in [-0.3, -0.25) is 4.79 Å². The van der Waals surface area contributed by atoms with Crippen molar-refractivity contribution in [3.05, 3.63) is 10.4 Å². The van der Waals surface area contributed by atoms with E-state index in [0.29, 0.717) is 0 Å². The van der Waals surface area contributed by atoms with E-state index in [1.807, 2.05) is 0 Å². The minimum Gasteiger partial charge on any atom is -0.561 e. The minimum absolute atomic E-state index is 0.0162. The van der Waals surface area contributed by atoms with Crippen LogP contribution < -0.4 is 0 Å². The minimum atomic E-state index is -0.449. The molecule has 0 amide bonds. The maximum atomic E-state index is 11.2. The third-order valence-corrected chi connectivity index (χ3v) is 1.77. The first-order valence-corrected chi connectivity index (χ1v) is 3.66. The summed E-state index contributed by atoms with van der Waals surface area (Å²) < 4.78 is 0. The summed E-state index contributed by atoms with van der Waals surface area (Å²) in [5.74, 6) is -0.668. The number of ketones is 1. The topological polar surface area (TPSA) is 69.2 Å². The summed E-state index contributed by atoms with van der Waals surface area (Å²) in [7, 11) is 0. The largest absolute Gasteiger partial charge is 0.561 e. The molecule has 1 heterocycles. The summed E-state index contributed by atoms with van der Waals surface area (Å²) in [5.41, 5.74) is -0.0452. The smallest absolute Gasteiger partial charge is 0.327 e. The first-order chi connectivity index (χ1) is 5.46. The average molecular weight is 170 g/mol. The second kappa shape index (κ2) is 2.58. The van der Waals surface area contributed by atoms with Crippen LogP contribution in [0.5, 0.6) is 0 Å². The Labute approximate surface area is 69.8 Å². The number of rotatable bonds is 1. The van der Waals surface area contributed by atoms with Gasteiger partial charge in [0.05, 0.1) is 15.6 Å². The molecular weight excluding hydrogens is 160 g/mol. The predicted octanol–water partition coefficient (Wildman–Crippen LogP) is 0.0626. The van der Waals surface area contributed by atoms with E-state index in [2.05, 4.69) is 0 Å². The van der Waals surface area contributed by atoms with Gasteiger partial charge in [-0.1, -0.05) is 13.8 Å². The van der Waals surface area contributed by atoms with Gasteiger partial charge in [0.25, 0.3) is 0 Å². The fourth-order valence-electron chi connectivity index (χ4n) is 1.08. The van der Waals surface area contributed by atoms with Crippen LogP contribution in [-0.2, 0) is 4.79 Å². The first kappa shape index (κ1) is 8.70. The van der Waals surface area contributed by atoms with Crippen molar-refractivity contribution in [3.8, 4) is 0 Å². The SMILES string of the molecule is CC1=[N+]([O-])[N+]([O-])=C(C(C)C)C1=O. The molecule has 1 rings (SSSR count). The molecular formula is C7H10N2O3. The van der Waals surface area contributed by atoms with Gasteiger partial charge in [0, 0.05) is 6.92 Å². The summed E-state index contributed by atoms with van der Waals surface area (Å²) in [6.07, 6.45) is 0. The normalized spacial score (nSPS) is 18.5. The van der Waals surface area contributed by atoms with Gasteiger partial charge in [-0.05, 0) is 0 Å². The number of hydrazone groups is 2. The Balaban J connectivity index is 3.18. The number of carbonyl (C=O) groups excluding carboxylic acids is 1. The van der Waals surface area contributed by atoms with Crippen molar-refractivity contribution in [3.63, 3.8) is 0 Å². The highest BCUT2D eigenvalue weighted by Gasteiger charge is 2.42. The summed E-state index contributed by atoms with van der Waals surface area (Å²) in [6, 6.07) is 0. The molecule has 66 valence electrons. The molecule has 5 nitrogen and oxygen atoms in total.